The van der Waals surface area contributed by atoms with Crippen LogP contribution < -0.4 is 9.64 Å². The second kappa shape index (κ2) is 13.1. The number of fused-ring (bicyclic) bond motifs is 2. The highest BCUT2D eigenvalue weighted by Gasteiger charge is 2.43. The van der Waals surface area contributed by atoms with E-state index in [1.807, 2.05) is 37.3 Å². The van der Waals surface area contributed by atoms with Gasteiger partial charge in [0.2, 0.25) is 5.91 Å². The summed E-state index contributed by atoms with van der Waals surface area (Å²) in [5.41, 5.74) is 1.55. The van der Waals surface area contributed by atoms with Crippen molar-refractivity contribution in [1.82, 2.24) is 24.8 Å². The lowest BCUT2D eigenvalue weighted by Crippen LogP contribution is -2.55. The molecule has 4 heterocycles. The van der Waals surface area contributed by atoms with Crippen LogP contribution in [0.3, 0.4) is 0 Å². The second-order valence-electron chi connectivity index (χ2n) is 12.0. The first-order chi connectivity index (χ1) is 22.6. The van der Waals surface area contributed by atoms with E-state index in [-0.39, 0.29) is 61.1 Å². The molecule has 244 valence electrons. The molecular weight excluding hydrogens is 614 g/mol. The molecule has 9 nitrogen and oxygen atoms in total. The lowest BCUT2D eigenvalue weighted by molar-refractivity contribution is -0.128. The number of anilines is 1. The standard InChI is InChI=1S/C34H33F4N7O2/c1-21-6-3-7-22-8-4-9-25(28(21)22)30-29(36)31-26(17-40-30)32(42-33(41-31)47-19-24-16-34(37,38)20-43(24)2)44-14-15-45(23(18-44)11-13-39)27(46)10-5-12-35/h3-10,17,23-24H,11-12,14-16,18-20H2,1-2H3/b10-5+. The van der Waals surface area contributed by atoms with Gasteiger partial charge in [-0.15, -0.1) is 0 Å². The van der Waals surface area contributed by atoms with E-state index < -0.39 is 49.4 Å². The molecule has 0 spiro atoms. The average Bonchev–Trinajstić information content (AvgIpc) is 3.33. The van der Waals surface area contributed by atoms with Crippen molar-refractivity contribution in [2.75, 3.05) is 51.4 Å². The van der Waals surface area contributed by atoms with Crippen LogP contribution in [0.25, 0.3) is 32.9 Å². The molecule has 2 aromatic carbocycles. The van der Waals surface area contributed by atoms with Crippen molar-refractivity contribution < 1.29 is 27.1 Å². The molecule has 2 saturated heterocycles. The number of alkyl halides is 3. The van der Waals surface area contributed by atoms with E-state index in [9.17, 15) is 23.2 Å². The molecule has 2 aliphatic rings. The van der Waals surface area contributed by atoms with Crippen molar-refractivity contribution in [2.45, 2.75) is 37.8 Å². The largest absolute Gasteiger partial charge is 0.462 e. The van der Waals surface area contributed by atoms with Crippen molar-refractivity contribution >= 4 is 33.4 Å². The molecule has 6 rings (SSSR count). The summed E-state index contributed by atoms with van der Waals surface area (Å²) in [6.45, 7) is 1.22. The van der Waals surface area contributed by atoms with Crippen LogP contribution in [-0.4, -0.2) is 95.2 Å². The van der Waals surface area contributed by atoms with Gasteiger partial charge in [-0.3, -0.25) is 14.7 Å². The number of allylic oxidation sites excluding steroid dienone is 1. The van der Waals surface area contributed by atoms with Crippen LogP contribution in [0.5, 0.6) is 6.01 Å². The normalized spacial score (nSPS) is 19.9. The molecule has 0 bridgehead atoms. The van der Waals surface area contributed by atoms with Crippen molar-refractivity contribution in [1.29, 1.82) is 5.26 Å². The Morgan fingerprint density at radius 2 is 1.96 bits per heavy atom. The summed E-state index contributed by atoms with van der Waals surface area (Å²) in [7, 11) is 1.59. The Bertz CT molecular complexity index is 1890. The van der Waals surface area contributed by atoms with Gasteiger partial charge in [0.15, 0.2) is 5.82 Å². The highest BCUT2D eigenvalue weighted by Crippen LogP contribution is 2.37. The van der Waals surface area contributed by atoms with Gasteiger partial charge < -0.3 is 14.5 Å². The molecule has 0 aliphatic carbocycles. The molecule has 1 amide bonds. The minimum absolute atomic E-state index is 0.00248. The van der Waals surface area contributed by atoms with E-state index in [1.165, 1.54) is 16.0 Å². The van der Waals surface area contributed by atoms with Crippen molar-refractivity contribution in [3.05, 3.63) is 66.1 Å². The monoisotopic (exact) mass is 647 g/mol. The fourth-order valence-corrected chi connectivity index (χ4v) is 6.52. The maximum atomic E-state index is 16.7. The number of halogens is 4. The summed E-state index contributed by atoms with van der Waals surface area (Å²) in [6.07, 6.45) is 3.36. The lowest BCUT2D eigenvalue weighted by Gasteiger charge is -2.41. The Balaban J connectivity index is 1.43. The van der Waals surface area contributed by atoms with Crippen molar-refractivity contribution in [3.8, 4) is 23.3 Å². The van der Waals surface area contributed by atoms with E-state index in [2.05, 4.69) is 21.0 Å². The van der Waals surface area contributed by atoms with E-state index in [0.717, 1.165) is 28.5 Å². The van der Waals surface area contributed by atoms with Gasteiger partial charge >= 0.3 is 6.01 Å². The number of likely N-dealkylation sites (tertiary alicyclic amines) is 1. The molecule has 2 fully saturated rings. The van der Waals surface area contributed by atoms with E-state index in [0.29, 0.717) is 5.56 Å². The van der Waals surface area contributed by atoms with Crippen molar-refractivity contribution in [3.63, 3.8) is 0 Å². The quantitative estimate of drug-likeness (QED) is 0.184. The number of likely N-dealkylation sites (N-methyl/N-ethyl adjacent to an activating group) is 1. The average molecular weight is 648 g/mol. The summed E-state index contributed by atoms with van der Waals surface area (Å²) in [5.74, 6) is -3.70. The number of hydrogen-bond acceptors (Lipinski definition) is 8. The van der Waals surface area contributed by atoms with Gasteiger partial charge in [0.25, 0.3) is 5.92 Å². The highest BCUT2D eigenvalue weighted by molar-refractivity contribution is 6.00. The van der Waals surface area contributed by atoms with Crippen LogP contribution >= 0.6 is 0 Å². The summed E-state index contributed by atoms with van der Waals surface area (Å²) in [4.78, 5) is 31.1. The molecule has 13 heteroatoms. The van der Waals surface area contributed by atoms with Crippen LogP contribution in [-0.2, 0) is 4.79 Å². The number of aromatic nitrogens is 3. The molecule has 2 aliphatic heterocycles. The van der Waals surface area contributed by atoms with Crippen LogP contribution in [0.15, 0.2) is 54.7 Å². The first-order valence-electron chi connectivity index (χ1n) is 15.3. The number of piperazine rings is 1. The van der Waals surface area contributed by atoms with Crippen LogP contribution in [0.4, 0.5) is 23.4 Å². The number of carbonyl (C=O) groups excluding carboxylic acids is 1. The molecule has 2 unspecified atom stereocenters. The van der Waals surface area contributed by atoms with Gasteiger partial charge in [-0.2, -0.15) is 15.2 Å². The first-order valence-corrected chi connectivity index (χ1v) is 15.3. The van der Waals surface area contributed by atoms with Gasteiger partial charge in [0, 0.05) is 49.9 Å². The maximum Gasteiger partial charge on any atom is 0.319 e. The van der Waals surface area contributed by atoms with Gasteiger partial charge in [-0.1, -0.05) is 36.4 Å². The SMILES string of the molecule is Cc1cccc2cccc(-c3ncc4c(N5CCN(C(=O)/C=C/CF)C(CC#N)C5)nc(OCC5CC(F)(F)CN5C)nc4c3F)c12. The third kappa shape index (κ3) is 6.42. The molecule has 0 radical (unpaired) electrons. The number of benzene rings is 2. The molecule has 4 aromatic rings. The number of nitrogens with zero attached hydrogens (tertiary/aromatic N) is 7. The fraction of sp³-hybridized carbons (Fsp3) is 0.382. The Hall–Kier alpha value is -4.83. The number of amides is 1. The minimum Gasteiger partial charge on any atom is -0.462 e. The number of hydrogen-bond donors (Lipinski definition) is 0. The zero-order chi connectivity index (χ0) is 33.3. The minimum atomic E-state index is -2.85. The number of carbonyl (C=O) groups is 1. The molecular formula is C34H33F4N7O2. The molecule has 2 aromatic heterocycles. The second-order valence-corrected chi connectivity index (χ2v) is 12.0. The topological polar surface area (TPSA) is 98.5 Å². The zero-order valence-corrected chi connectivity index (χ0v) is 26.0. The van der Waals surface area contributed by atoms with Crippen molar-refractivity contribution in [2.24, 2.45) is 0 Å². The third-order valence-electron chi connectivity index (χ3n) is 8.80. The number of aryl methyl sites for hydroxylation is 1. The zero-order valence-electron chi connectivity index (χ0n) is 26.0. The summed E-state index contributed by atoms with van der Waals surface area (Å²) in [5, 5.41) is 11.6. The number of ether oxygens (including phenoxy) is 1. The molecule has 0 saturated carbocycles. The molecule has 2 atom stereocenters. The van der Waals surface area contributed by atoms with Gasteiger partial charge in [0.05, 0.1) is 30.5 Å². The third-order valence-corrected chi connectivity index (χ3v) is 8.80. The Kier molecular flexibility index (Phi) is 8.96. The number of nitriles is 1. The Morgan fingerprint density at radius 3 is 2.68 bits per heavy atom. The molecule has 0 N–H and O–H groups in total. The van der Waals surface area contributed by atoms with E-state index >= 15 is 4.39 Å². The van der Waals surface area contributed by atoms with Gasteiger partial charge in [-0.25, -0.2) is 17.6 Å². The first kappa shape index (κ1) is 32.1. The molecule has 47 heavy (non-hydrogen) atoms. The fourth-order valence-electron chi connectivity index (χ4n) is 6.52. The van der Waals surface area contributed by atoms with Crippen LogP contribution in [0.1, 0.15) is 18.4 Å². The predicted molar refractivity (Wildman–Crippen MR) is 170 cm³/mol. The van der Waals surface area contributed by atoms with E-state index in [4.69, 9.17) is 4.74 Å². The Morgan fingerprint density at radius 1 is 1.17 bits per heavy atom. The number of pyridine rings is 1. The van der Waals surface area contributed by atoms with Gasteiger partial charge in [0.1, 0.15) is 30.3 Å². The van der Waals surface area contributed by atoms with Crippen LogP contribution in [0.2, 0.25) is 0 Å². The smallest absolute Gasteiger partial charge is 0.319 e. The summed E-state index contributed by atoms with van der Waals surface area (Å²) < 4.78 is 63.4. The maximum absolute atomic E-state index is 16.7. The van der Waals surface area contributed by atoms with E-state index in [1.54, 1.807) is 18.0 Å². The van der Waals surface area contributed by atoms with Gasteiger partial charge in [-0.05, 0) is 36.4 Å². The predicted octanol–water partition coefficient (Wildman–Crippen LogP) is 5.47. The lowest BCUT2D eigenvalue weighted by atomic mass is 9.97. The Labute approximate surface area is 269 Å². The summed E-state index contributed by atoms with van der Waals surface area (Å²) >= 11 is 0. The summed E-state index contributed by atoms with van der Waals surface area (Å²) in [6, 6.07) is 12.1. The number of rotatable bonds is 8. The van der Waals surface area contributed by atoms with Crippen LogP contribution in [0, 0.1) is 24.1 Å². The highest BCUT2D eigenvalue weighted by atomic mass is 19.3.